The number of nitrogens with one attached hydrogen (secondary N) is 1. The Balaban J connectivity index is 1.66. The Morgan fingerprint density at radius 2 is 2.15 bits per heavy atom. The molecule has 2 aliphatic rings. The molecule has 1 aromatic rings. The minimum Gasteiger partial charge on any atom is -0.356 e. The molecule has 3 rings (SSSR count). The molecule has 2 aliphatic heterocycles. The van der Waals surface area contributed by atoms with Gasteiger partial charge in [-0.1, -0.05) is 11.6 Å². The van der Waals surface area contributed by atoms with E-state index >= 15 is 0 Å². The van der Waals surface area contributed by atoms with Crippen molar-refractivity contribution in [2.75, 3.05) is 19.6 Å². The molecule has 5 nitrogen and oxygen atoms in total. The minimum atomic E-state index is -0.0837. The van der Waals surface area contributed by atoms with Crippen molar-refractivity contribution < 1.29 is 9.59 Å². The van der Waals surface area contributed by atoms with Crippen molar-refractivity contribution in [2.24, 2.45) is 5.41 Å². The van der Waals surface area contributed by atoms with E-state index in [4.69, 9.17) is 11.6 Å². The van der Waals surface area contributed by atoms with Gasteiger partial charge in [-0.2, -0.15) is 0 Å². The van der Waals surface area contributed by atoms with Gasteiger partial charge in [0.05, 0.1) is 0 Å². The maximum absolute atomic E-state index is 12.3. The molecule has 0 bridgehead atoms. The fourth-order valence-electron chi connectivity index (χ4n) is 2.97. The van der Waals surface area contributed by atoms with Crippen LogP contribution < -0.4 is 5.32 Å². The van der Waals surface area contributed by atoms with E-state index in [0.29, 0.717) is 30.2 Å². The van der Waals surface area contributed by atoms with Gasteiger partial charge < -0.3 is 10.2 Å². The molecular formula is C14H16ClN3O2. The van der Waals surface area contributed by atoms with Crippen molar-refractivity contribution in [2.45, 2.75) is 19.3 Å². The number of rotatable bonds is 1. The molecule has 0 aromatic carbocycles. The predicted molar refractivity (Wildman–Crippen MR) is 74.4 cm³/mol. The lowest BCUT2D eigenvalue weighted by Crippen LogP contribution is -2.44. The van der Waals surface area contributed by atoms with E-state index in [1.54, 1.807) is 23.2 Å². The summed E-state index contributed by atoms with van der Waals surface area (Å²) in [4.78, 5) is 29.6. The third-order valence-electron chi connectivity index (χ3n) is 4.25. The molecule has 0 unspecified atom stereocenters. The second-order valence-electron chi connectivity index (χ2n) is 5.61. The SMILES string of the molecule is O=C1CC2(CCN(C(=O)c3cc(Cl)ccn3)CC2)CN1. The highest BCUT2D eigenvalue weighted by molar-refractivity contribution is 6.30. The van der Waals surface area contributed by atoms with Crippen LogP contribution in [0.25, 0.3) is 0 Å². The Labute approximate surface area is 122 Å². The number of carbonyl (C=O) groups is 2. The van der Waals surface area contributed by atoms with Gasteiger partial charge >= 0.3 is 0 Å². The first-order chi connectivity index (χ1) is 9.58. The number of aromatic nitrogens is 1. The van der Waals surface area contributed by atoms with Crippen molar-refractivity contribution in [1.29, 1.82) is 0 Å². The Morgan fingerprint density at radius 3 is 2.75 bits per heavy atom. The number of amides is 2. The highest BCUT2D eigenvalue weighted by atomic mass is 35.5. The largest absolute Gasteiger partial charge is 0.356 e. The zero-order chi connectivity index (χ0) is 14.2. The van der Waals surface area contributed by atoms with Crippen LogP contribution in [-0.2, 0) is 4.79 Å². The van der Waals surface area contributed by atoms with Crippen LogP contribution in [0.1, 0.15) is 29.8 Å². The van der Waals surface area contributed by atoms with E-state index < -0.39 is 0 Å². The standard InChI is InChI=1S/C14H16ClN3O2/c15-10-1-4-16-11(7-10)13(20)18-5-2-14(3-6-18)8-12(19)17-9-14/h1,4,7H,2-3,5-6,8-9H2,(H,17,19). The summed E-state index contributed by atoms with van der Waals surface area (Å²) in [5, 5.41) is 3.41. The van der Waals surface area contributed by atoms with Crippen LogP contribution in [0.4, 0.5) is 0 Å². The Bertz CT molecular complexity index is 553. The van der Waals surface area contributed by atoms with Crippen LogP contribution in [0.5, 0.6) is 0 Å². The molecule has 3 heterocycles. The molecule has 0 atom stereocenters. The van der Waals surface area contributed by atoms with Gasteiger partial charge in [-0.25, -0.2) is 0 Å². The van der Waals surface area contributed by atoms with E-state index in [1.165, 1.54) is 0 Å². The summed E-state index contributed by atoms with van der Waals surface area (Å²) < 4.78 is 0. The third kappa shape index (κ3) is 2.50. The fourth-order valence-corrected chi connectivity index (χ4v) is 3.13. The molecule has 0 radical (unpaired) electrons. The lowest BCUT2D eigenvalue weighted by Gasteiger charge is -2.38. The number of piperidine rings is 1. The highest BCUT2D eigenvalue weighted by Crippen LogP contribution is 2.37. The van der Waals surface area contributed by atoms with Crippen LogP contribution in [0, 0.1) is 5.41 Å². The molecule has 1 N–H and O–H groups in total. The Morgan fingerprint density at radius 1 is 1.40 bits per heavy atom. The van der Waals surface area contributed by atoms with E-state index in [-0.39, 0.29) is 17.2 Å². The van der Waals surface area contributed by atoms with Crippen molar-refractivity contribution in [3.05, 3.63) is 29.0 Å². The molecule has 20 heavy (non-hydrogen) atoms. The lowest BCUT2D eigenvalue weighted by atomic mass is 9.77. The highest BCUT2D eigenvalue weighted by Gasteiger charge is 2.41. The van der Waals surface area contributed by atoms with Gasteiger partial charge in [-0.05, 0) is 30.4 Å². The Kier molecular flexibility index (Phi) is 3.38. The van der Waals surface area contributed by atoms with Gasteiger partial charge in [0.1, 0.15) is 5.69 Å². The summed E-state index contributed by atoms with van der Waals surface area (Å²) in [5.41, 5.74) is 0.435. The molecule has 106 valence electrons. The minimum absolute atomic E-state index is 0.0512. The lowest BCUT2D eigenvalue weighted by molar-refractivity contribution is -0.119. The summed E-state index contributed by atoms with van der Waals surface area (Å²) in [6, 6.07) is 3.24. The van der Waals surface area contributed by atoms with E-state index in [0.717, 1.165) is 19.4 Å². The quantitative estimate of drug-likeness (QED) is 0.853. The number of pyridine rings is 1. The smallest absolute Gasteiger partial charge is 0.272 e. The van der Waals surface area contributed by atoms with Crippen LogP contribution in [0.15, 0.2) is 18.3 Å². The summed E-state index contributed by atoms with van der Waals surface area (Å²) >= 11 is 5.89. The average molecular weight is 294 g/mol. The molecular weight excluding hydrogens is 278 g/mol. The monoisotopic (exact) mass is 293 g/mol. The molecule has 1 aromatic heterocycles. The normalized spacial score (nSPS) is 21.1. The molecule has 0 saturated carbocycles. The number of hydrogen-bond donors (Lipinski definition) is 1. The first-order valence-electron chi connectivity index (χ1n) is 6.76. The fraction of sp³-hybridized carbons (Fsp3) is 0.500. The third-order valence-corrected chi connectivity index (χ3v) is 4.48. The second-order valence-corrected chi connectivity index (χ2v) is 6.04. The molecule has 6 heteroatoms. The van der Waals surface area contributed by atoms with E-state index in [1.807, 2.05) is 0 Å². The van der Waals surface area contributed by atoms with Crippen LogP contribution in [-0.4, -0.2) is 41.3 Å². The zero-order valence-electron chi connectivity index (χ0n) is 11.1. The van der Waals surface area contributed by atoms with Crippen molar-refractivity contribution in [1.82, 2.24) is 15.2 Å². The topological polar surface area (TPSA) is 62.3 Å². The molecule has 2 fully saturated rings. The first-order valence-corrected chi connectivity index (χ1v) is 7.13. The van der Waals surface area contributed by atoms with E-state index in [2.05, 4.69) is 10.3 Å². The summed E-state index contributed by atoms with van der Waals surface area (Å²) in [7, 11) is 0. The van der Waals surface area contributed by atoms with E-state index in [9.17, 15) is 9.59 Å². The van der Waals surface area contributed by atoms with Crippen molar-refractivity contribution in [3.63, 3.8) is 0 Å². The van der Waals surface area contributed by atoms with Crippen LogP contribution in [0.2, 0.25) is 5.02 Å². The molecule has 2 saturated heterocycles. The number of hydrogen-bond acceptors (Lipinski definition) is 3. The second kappa shape index (κ2) is 5.05. The van der Waals surface area contributed by atoms with Crippen molar-refractivity contribution in [3.8, 4) is 0 Å². The van der Waals surface area contributed by atoms with Crippen molar-refractivity contribution >= 4 is 23.4 Å². The number of nitrogens with zero attached hydrogens (tertiary/aromatic N) is 2. The predicted octanol–water partition coefficient (Wildman–Crippen LogP) is 1.48. The number of likely N-dealkylation sites (tertiary alicyclic amines) is 1. The van der Waals surface area contributed by atoms with Gasteiger partial charge in [-0.15, -0.1) is 0 Å². The molecule has 1 spiro atoms. The first kappa shape index (κ1) is 13.4. The van der Waals surface area contributed by atoms with Gasteiger partial charge in [0.25, 0.3) is 5.91 Å². The summed E-state index contributed by atoms with van der Waals surface area (Å²) in [5.74, 6) is 0.0425. The molecule has 0 aliphatic carbocycles. The molecule has 2 amide bonds. The maximum atomic E-state index is 12.3. The van der Waals surface area contributed by atoms with Gasteiger partial charge in [0.15, 0.2) is 0 Å². The maximum Gasteiger partial charge on any atom is 0.272 e. The number of halogens is 1. The Hall–Kier alpha value is -1.62. The van der Waals surface area contributed by atoms with Gasteiger partial charge in [0.2, 0.25) is 5.91 Å². The zero-order valence-corrected chi connectivity index (χ0v) is 11.8. The summed E-state index contributed by atoms with van der Waals surface area (Å²) in [6.07, 6.45) is 3.85. The van der Waals surface area contributed by atoms with Gasteiger partial charge in [-0.3, -0.25) is 14.6 Å². The summed E-state index contributed by atoms with van der Waals surface area (Å²) in [6.45, 7) is 2.08. The van der Waals surface area contributed by atoms with Crippen LogP contribution in [0.3, 0.4) is 0 Å². The average Bonchev–Trinajstić information content (AvgIpc) is 2.80. The van der Waals surface area contributed by atoms with Gasteiger partial charge in [0, 0.05) is 37.3 Å². The number of carbonyl (C=O) groups excluding carboxylic acids is 2. The van der Waals surface area contributed by atoms with Crippen LogP contribution >= 0.6 is 11.6 Å².